The van der Waals surface area contributed by atoms with Crippen molar-refractivity contribution in [3.05, 3.63) is 82.8 Å². The van der Waals surface area contributed by atoms with Gasteiger partial charge in [0.15, 0.2) is 5.75 Å². The van der Waals surface area contributed by atoms with Crippen LogP contribution in [0.25, 0.3) is 0 Å². The molecule has 6 heteroatoms. The highest BCUT2D eigenvalue weighted by Crippen LogP contribution is 2.31. The van der Waals surface area contributed by atoms with Gasteiger partial charge in [-0.1, -0.05) is 46.3 Å². The number of hydrogen-bond donors (Lipinski definition) is 1. The minimum Gasteiger partial charge on any atom is -0.455 e. The minimum atomic E-state index is -3.72. The van der Waals surface area contributed by atoms with Crippen molar-refractivity contribution >= 4 is 31.6 Å². The van der Waals surface area contributed by atoms with E-state index in [0.29, 0.717) is 17.2 Å². The molecule has 3 rings (SSSR count). The molecule has 0 aromatic heterocycles. The van der Waals surface area contributed by atoms with Gasteiger partial charge in [0.2, 0.25) is 0 Å². The summed E-state index contributed by atoms with van der Waals surface area (Å²) in [4.78, 5) is 0.197. The van der Waals surface area contributed by atoms with E-state index in [1.54, 1.807) is 42.5 Å². The van der Waals surface area contributed by atoms with Gasteiger partial charge in [-0.2, -0.15) is 0 Å². The molecule has 4 nitrogen and oxygen atoms in total. The predicted molar refractivity (Wildman–Crippen MR) is 103 cm³/mol. The lowest BCUT2D eigenvalue weighted by atomic mass is 10.2. The Bertz CT molecular complexity index is 989. The molecule has 0 atom stereocenters. The summed E-state index contributed by atoms with van der Waals surface area (Å²) in [6.45, 7) is 1.84. The Morgan fingerprint density at radius 3 is 2.32 bits per heavy atom. The number of anilines is 1. The van der Waals surface area contributed by atoms with E-state index in [9.17, 15) is 8.42 Å². The van der Waals surface area contributed by atoms with Gasteiger partial charge >= 0.3 is 0 Å². The fourth-order valence-corrected chi connectivity index (χ4v) is 3.65. The zero-order valence-corrected chi connectivity index (χ0v) is 15.8. The zero-order valence-electron chi connectivity index (χ0n) is 13.4. The third-order valence-corrected chi connectivity index (χ3v) is 5.80. The van der Waals surface area contributed by atoms with E-state index < -0.39 is 10.0 Å². The summed E-state index contributed by atoms with van der Waals surface area (Å²) in [5.74, 6) is 1.07. The lowest BCUT2D eigenvalue weighted by Gasteiger charge is -2.14. The van der Waals surface area contributed by atoms with E-state index in [1.807, 2.05) is 37.3 Å². The van der Waals surface area contributed by atoms with Crippen molar-refractivity contribution in [1.82, 2.24) is 0 Å². The van der Waals surface area contributed by atoms with Gasteiger partial charge in [-0.05, 0) is 55.0 Å². The van der Waals surface area contributed by atoms with E-state index in [4.69, 9.17) is 4.74 Å². The quantitative estimate of drug-likeness (QED) is 0.608. The highest BCUT2D eigenvalue weighted by atomic mass is 79.9. The topological polar surface area (TPSA) is 55.4 Å². The van der Waals surface area contributed by atoms with Crippen molar-refractivity contribution < 1.29 is 13.2 Å². The first kappa shape index (κ1) is 17.5. The Kier molecular flexibility index (Phi) is 5.11. The third-order valence-electron chi connectivity index (χ3n) is 3.54. The van der Waals surface area contributed by atoms with Crippen molar-refractivity contribution in [2.24, 2.45) is 0 Å². The summed E-state index contributed by atoms with van der Waals surface area (Å²) in [6.07, 6.45) is 0. The average molecular weight is 418 g/mol. The monoisotopic (exact) mass is 417 g/mol. The van der Waals surface area contributed by atoms with Crippen LogP contribution in [0.1, 0.15) is 5.56 Å². The molecule has 0 amide bonds. The summed E-state index contributed by atoms with van der Waals surface area (Å²) >= 11 is 3.38. The molecule has 0 spiro atoms. The van der Waals surface area contributed by atoms with Crippen molar-refractivity contribution in [3.63, 3.8) is 0 Å². The SMILES string of the molecule is Cc1cc(S(=O)(=O)Nc2ccccc2Oc2ccccc2)ccc1Br. The number of ether oxygens (including phenoxy) is 1. The lowest BCUT2D eigenvalue weighted by molar-refractivity contribution is 0.485. The maximum atomic E-state index is 12.7. The molecule has 0 aliphatic heterocycles. The molecule has 0 heterocycles. The number of hydrogen-bond acceptors (Lipinski definition) is 3. The molecule has 0 unspecified atom stereocenters. The van der Waals surface area contributed by atoms with Gasteiger partial charge in [-0.15, -0.1) is 0 Å². The molecule has 3 aromatic rings. The van der Waals surface area contributed by atoms with Crippen molar-refractivity contribution in [3.8, 4) is 11.5 Å². The summed E-state index contributed by atoms with van der Waals surface area (Å²) in [5, 5.41) is 0. The van der Waals surface area contributed by atoms with Crippen LogP contribution in [0.15, 0.2) is 82.2 Å². The molecule has 0 saturated heterocycles. The smallest absolute Gasteiger partial charge is 0.262 e. The van der Waals surface area contributed by atoms with E-state index in [-0.39, 0.29) is 4.90 Å². The zero-order chi connectivity index (χ0) is 17.9. The van der Waals surface area contributed by atoms with E-state index in [1.165, 1.54) is 0 Å². The summed E-state index contributed by atoms with van der Waals surface area (Å²) < 4.78 is 34.6. The number of para-hydroxylation sites is 3. The van der Waals surface area contributed by atoms with Gasteiger partial charge in [0, 0.05) is 4.47 Å². The number of halogens is 1. The maximum absolute atomic E-state index is 12.7. The van der Waals surface area contributed by atoms with Crippen LogP contribution >= 0.6 is 15.9 Å². The van der Waals surface area contributed by atoms with Crippen LogP contribution in [0, 0.1) is 6.92 Å². The lowest BCUT2D eigenvalue weighted by Crippen LogP contribution is -2.13. The van der Waals surface area contributed by atoms with Crippen LogP contribution in [-0.4, -0.2) is 8.42 Å². The molecular weight excluding hydrogens is 402 g/mol. The number of rotatable bonds is 5. The van der Waals surface area contributed by atoms with E-state index in [2.05, 4.69) is 20.7 Å². The first-order valence-electron chi connectivity index (χ1n) is 7.56. The maximum Gasteiger partial charge on any atom is 0.262 e. The van der Waals surface area contributed by atoms with Gasteiger partial charge in [-0.25, -0.2) is 8.42 Å². The summed E-state index contributed by atoms with van der Waals surface area (Å²) in [7, 11) is -3.72. The van der Waals surface area contributed by atoms with Gasteiger partial charge in [-0.3, -0.25) is 4.72 Å². The predicted octanol–water partition coefficient (Wildman–Crippen LogP) is 5.35. The van der Waals surface area contributed by atoms with Crippen molar-refractivity contribution in [2.75, 3.05) is 4.72 Å². The van der Waals surface area contributed by atoms with Gasteiger partial charge < -0.3 is 4.74 Å². The molecule has 25 heavy (non-hydrogen) atoms. The van der Waals surface area contributed by atoms with Crippen LogP contribution in [0.4, 0.5) is 5.69 Å². The van der Waals surface area contributed by atoms with Gasteiger partial charge in [0.05, 0.1) is 10.6 Å². The Hall–Kier alpha value is -2.31. The third kappa shape index (κ3) is 4.21. The molecule has 0 saturated carbocycles. The van der Waals surface area contributed by atoms with Crippen LogP contribution in [0.2, 0.25) is 0 Å². The Morgan fingerprint density at radius 2 is 1.60 bits per heavy atom. The second-order valence-corrected chi connectivity index (χ2v) is 7.96. The van der Waals surface area contributed by atoms with Crippen LogP contribution in [-0.2, 0) is 10.0 Å². The molecule has 3 aromatic carbocycles. The second-order valence-electron chi connectivity index (χ2n) is 5.43. The highest BCUT2D eigenvalue weighted by Gasteiger charge is 2.17. The largest absolute Gasteiger partial charge is 0.455 e. The first-order valence-corrected chi connectivity index (χ1v) is 9.84. The number of aryl methyl sites for hydroxylation is 1. The Labute approximate surface area is 155 Å². The van der Waals surface area contributed by atoms with Crippen LogP contribution in [0.3, 0.4) is 0 Å². The van der Waals surface area contributed by atoms with Gasteiger partial charge in [0.1, 0.15) is 5.75 Å². The highest BCUT2D eigenvalue weighted by molar-refractivity contribution is 9.10. The Morgan fingerprint density at radius 1 is 0.920 bits per heavy atom. The van der Waals surface area contributed by atoms with Crippen molar-refractivity contribution in [2.45, 2.75) is 11.8 Å². The van der Waals surface area contributed by atoms with Crippen LogP contribution < -0.4 is 9.46 Å². The second kappa shape index (κ2) is 7.29. The first-order chi connectivity index (χ1) is 12.0. The number of benzene rings is 3. The minimum absolute atomic E-state index is 0.197. The molecule has 0 aliphatic rings. The summed E-state index contributed by atoms with van der Waals surface area (Å²) in [6, 6.07) is 21.0. The van der Waals surface area contributed by atoms with E-state index >= 15 is 0 Å². The molecule has 0 bridgehead atoms. The average Bonchev–Trinajstić information content (AvgIpc) is 2.60. The van der Waals surface area contributed by atoms with Gasteiger partial charge in [0.25, 0.3) is 10.0 Å². The molecule has 0 radical (unpaired) electrons. The summed E-state index contributed by atoms with van der Waals surface area (Å²) in [5.41, 5.74) is 1.23. The molecular formula is C19H16BrNO3S. The Balaban J connectivity index is 1.91. The van der Waals surface area contributed by atoms with E-state index in [0.717, 1.165) is 10.0 Å². The normalized spacial score (nSPS) is 11.1. The molecule has 0 aliphatic carbocycles. The van der Waals surface area contributed by atoms with Crippen LogP contribution in [0.5, 0.6) is 11.5 Å². The standard InChI is InChI=1S/C19H16BrNO3S/c1-14-13-16(11-12-17(14)20)25(22,23)21-18-9-5-6-10-19(18)24-15-7-3-2-4-8-15/h2-13,21H,1H3. The van der Waals surface area contributed by atoms with Crippen molar-refractivity contribution in [1.29, 1.82) is 0 Å². The molecule has 0 fully saturated rings. The molecule has 1 N–H and O–H groups in total. The fourth-order valence-electron chi connectivity index (χ4n) is 2.24. The molecule has 128 valence electrons. The number of sulfonamides is 1. The number of nitrogens with one attached hydrogen (secondary N) is 1. The fraction of sp³-hybridized carbons (Fsp3) is 0.0526.